The largest absolute Gasteiger partial charge is 0.449 e. The molecule has 1 N–H and O–H groups in total. The number of Topliss-reactive ketones (excluding diaryl/α,β-unsaturated/α-hetero) is 2. The normalized spacial score (nSPS) is 11.5. The second kappa shape index (κ2) is 9.21. The first-order chi connectivity index (χ1) is 14.7. The number of carbonyl (C=O) groups is 4. The summed E-state index contributed by atoms with van der Waals surface area (Å²) in [6.07, 6.45) is -1.07. The minimum atomic E-state index is -1.07. The highest BCUT2D eigenvalue weighted by molar-refractivity contribution is 5.98. The average Bonchev–Trinajstić information content (AvgIpc) is 3.24. The van der Waals surface area contributed by atoms with Crippen LogP contribution in [0, 0.1) is 0 Å². The van der Waals surface area contributed by atoms with Gasteiger partial charge in [0, 0.05) is 22.4 Å². The molecule has 1 aromatic heterocycles. The van der Waals surface area contributed by atoms with Crippen LogP contribution in [0.15, 0.2) is 65.1 Å². The Kier molecular flexibility index (Phi) is 6.45. The van der Waals surface area contributed by atoms with Gasteiger partial charge in [0.1, 0.15) is 5.76 Å². The van der Waals surface area contributed by atoms with Crippen molar-refractivity contribution in [1.29, 1.82) is 0 Å². The highest BCUT2D eigenvalue weighted by atomic mass is 16.6. The Morgan fingerprint density at radius 2 is 1.35 bits per heavy atom. The van der Waals surface area contributed by atoms with Crippen LogP contribution in [0.1, 0.15) is 52.0 Å². The number of ether oxygens (including phenoxy) is 1. The summed E-state index contributed by atoms with van der Waals surface area (Å²) in [5.74, 6) is -1.03. The molecule has 1 atom stereocenters. The topological polar surface area (TPSA) is 103 Å². The molecule has 1 amide bonds. The van der Waals surface area contributed by atoms with Gasteiger partial charge in [0.05, 0.1) is 0 Å². The van der Waals surface area contributed by atoms with E-state index in [-0.39, 0.29) is 17.3 Å². The maximum Gasteiger partial charge on any atom is 0.375 e. The molecule has 1 heterocycles. The first-order valence-corrected chi connectivity index (χ1v) is 9.58. The number of hydrogen-bond donors (Lipinski definition) is 1. The molecule has 0 bridgehead atoms. The van der Waals surface area contributed by atoms with E-state index in [1.807, 2.05) is 0 Å². The van der Waals surface area contributed by atoms with Gasteiger partial charge in [-0.3, -0.25) is 14.4 Å². The zero-order chi connectivity index (χ0) is 22.5. The van der Waals surface area contributed by atoms with Crippen LogP contribution in [0.5, 0.6) is 0 Å². The van der Waals surface area contributed by atoms with Crippen molar-refractivity contribution in [3.05, 3.63) is 77.6 Å². The van der Waals surface area contributed by atoms with E-state index >= 15 is 0 Å². The van der Waals surface area contributed by atoms with Gasteiger partial charge in [0.2, 0.25) is 5.76 Å². The van der Waals surface area contributed by atoms with Gasteiger partial charge >= 0.3 is 5.97 Å². The molecule has 0 saturated carbocycles. The molecule has 0 radical (unpaired) electrons. The van der Waals surface area contributed by atoms with Crippen LogP contribution in [-0.4, -0.2) is 29.5 Å². The van der Waals surface area contributed by atoms with E-state index in [1.54, 1.807) is 54.6 Å². The molecule has 2 aromatic carbocycles. The number of hydrogen-bond acceptors (Lipinski definition) is 6. The minimum absolute atomic E-state index is 0.0441. The lowest BCUT2D eigenvalue weighted by molar-refractivity contribution is -0.123. The van der Waals surface area contributed by atoms with Crippen molar-refractivity contribution < 1.29 is 28.3 Å². The zero-order valence-corrected chi connectivity index (χ0v) is 17.3. The summed E-state index contributed by atoms with van der Waals surface area (Å²) in [5, 5.41) is 2.62. The van der Waals surface area contributed by atoms with Gasteiger partial charge in [0.25, 0.3) is 5.91 Å². The van der Waals surface area contributed by atoms with Gasteiger partial charge in [-0.25, -0.2) is 4.79 Å². The van der Waals surface area contributed by atoms with Crippen LogP contribution in [-0.2, 0) is 9.53 Å². The van der Waals surface area contributed by atoms with Crippen molar-refractivity contribution >= 4 is 29.1 Å². The van der Waals surface area contributed by atoms with Crippen molar-refractivity contribution in [2.75, 3.05) is 5.32 Å². The lowest BCUT2D eigenvalue weighted by Crippen LogP contribution is -2.29. The van der Waals surface area contributed by atoms with E-state index in [0.717, 1.165) is 0 Å². The van der Waals surface area contributed by atoms with Crippen LogP contribution in [0.4, 0.5) is 5.69 Å². The second-order valence-electron chi connectivity index (χ2n) is 6.97. The third-order valence-corrected chi connectivity index (χ3v) is 4.60. The summed E-state index contributed by atoms with van der Waals surface area (Å²) >= 11 is 0. The van der Waals surface area contributed by atoms with E-state index in [1.165, 1.54) is 26.8 Å². The number of carbonyl (C=O) groups excluding carboxylic acids is 4. The number of amides is 1. The number of esters is 1. The van der Waals surface area contributed by atoms with Gasteiger partial charge in [-0.05, 0) is 57.2 Å². The summed E-state index contributed by atoms with van der Waals surface area (Å²) < 4.78 is 10.7. The van der Waals surface area contributed by atoms with Crippen LogP contribution in [0.2, 0.25) is 0 Å². The summed E-state index contributed by atoms with van der Waals surface area (Å²) in [7, 11) is 0. The van der Waals surface area contributed by atoms with Gasteiger partial charge in [-0.2, -0.15) is 0 Å². The highest BCUT2D eigenvalue weighted by Crippen LogP contribution is 2.23. The number of ketones is 2. The lowest BCUT2D eigenvalue weighted by Gasteiger charge is -2.13. The number of furan rings is 1. The fourth-order valence-corrected chi connectivity index (χ4v) is 2.78. The van der Waals surface area contributed by atoms with Crippen molar-refractivity contribution in [1.82, 2.24) is 0 Å². The van der Waals surface area contributed by atoms with Crippen molar-refractivity contribution in [2.24, 2.45) is 0 Å². The molecule has 158 valence electrons. The monoisotopic (exact) mass is 419 g/mol. The zero-order valence-electron chi connectivity index (χ0n) is 17.3. The second-order valence-corrected chi connectivity index (χ2v) is 6.97. The van der Waals surface area contributed by atoms with E-state index in [9.17, 15) is 19.2 Å². The van der Waals surface area contributed by atoms with E-state index in [2.05, 4.69) is 5.32 Å². The molecule has 0 unspecified atom stereocenters. The van der Waals surface area contributed by atoms with E-state index in [4.69, 9.17) is 9.15 Å². The molecule has 0 saturated heterocycles. The lowest BCUT2D eigenvalue weighted by atomic mass is 10.1. The molecule has 31 heavy (non-hydrogen) atoms. The molecular formula is C24H21NO6. The highest BCUT2D eigenvalue weighted by Gasteiger charge is 2.21. The summed E-state index contributed by atoms with van der Waals surface area (Å²) in [6, 6.07) is 16.3. The molecule has 0 spiro atoms. The smallest absolute Gasteiger partial charge is 0.375 e. The maximum atomic E-state index is 12.3. The van der Waals surface area contributed by atoms with Crippen molar-refractivity contribution in [3.8, 4) is 11.3 Å². The molecular weight excluding hydrogens is 398 g/mol. The van der Waals surface area contributed by atoms with Gasteiger partial charge in [-0.15, -0.1) is 0 Å². The molecule has 0 aliphatic heterocycles. The Bertz CT molecular complexity index is 1130. The SMILES string of the molecule is CC(=O)c1ccc(NC(=O)[C@@H](C)OC(=O)c2ccc(-c3ccc(C(C)=O)cc3)o2)cc1. The van der Waals surface area contributed by atoms with Crippen LogP contribution in [0.25, 0.3) is 11.3 Å². The first-order valence-electron chi connectivity index (χ1n) is 9.58. The average molecular weight is 419 g/mol. The quantitative estimate of drug-likeness (QED) is 0.446. The summed E-state index contributed by atoms with van der Waals surface area (Å²) in [5.41, 5.74) is 2.28. The van der Waals surface area contributed by atoms with Crippen LogP contribution >= 0.6 is 0 Å². The fourth-order valence-electron chi connectivity index (χ4n) is 2.78. The Morgan fingerprint density at radius 1 is 0.806 bits per heavy atom. The molecule has 0 aliphatic rings. The van der Waals surface area contributed by atoms with E-state index in [0.29, 0.717) is 28.1 Å². The number of anilines is 1. The summed E-state index contributed by atoms with van der Waals surface area (Å²) in [4.78, 5) is 47.3. The Balaban J connectivity index is 1.61. The molecule has 0 aliphatic carbocycles. The number of benzene rings is 2. The third-order valence-electron chi connectivity index (χ3n) is 4.60. The van der Waals surface area contributed by atoms with E-state index < -0.39 is 18.0 Å². The number of nitrogens with one attached hydrogen (secondary N) is 1. The third kappa shape index (κ3) is 5.33. The minimum Gasteiger partial charge on any atom is -0.449 e. The maximum absolute atomic E-state index is 12.3. The molecule has 0 fully saturated rings. The van der Waals surface area contributed by atoms with Crippen molar-refractivity contribution in [3.63, 3.8) is 0 Å². The van der Waals surface area contributed by atoms with Gasteiger partial charge < -0.3 is 14.5 Å². The van der Waals surface area contributed by atoms with Crippen molar-refractivity contribution in [2.45, 2.75) is 26.9 Å². The Morgan fingerprint density at radius 3 is 1.90 bits per heavy atom. The fraction of sp³-hybridized carbons (Fsp3) is 0.167. The Hall–Kier alpha value is -4.00. The molecule has 3 aromatic rings. The predicted octanol–water partition coefficient (Wildman–Crippen LogP) is 4.54. The van der Waals surface area contributed by atoms with Gasteiger partial charge in [0.15, 0.2) is 17.7 Å². The van der Waals surface area contributed by atoms with Gasteiger partial charge in [-0.1, -0.05) is 24.3 Å². The molecule has 7 nitrogen and oxygen atoms in total. The standard InChI is InChI=1S/C24H21NO6/c1-14(26)17-4-6-19(7-5-17)21-12-13-22(31-21)24(29)30-16(3)23(28)25-20-10-8-18(9-11-20)15(2)27/h4-13,16H,1-3H3,(H,25,28)/t16-/m1/s1. The number of rotatable bonds is 7. The van der Waals surface area contributed by atoms with Crippen LogP contribution < -0.4 is 5.32 Å². The van der Waals surface area contributed by atoms with Crippen LogP contribution in [0.3, 0.4) is 0 Å². The Labute approximate surface area is 179 Å². The molecule has 3 rings (SSSR count). The summed E-state index contributed by atoms with van der Waals surface area (Å²) in [6.45, 7) is 4.38. The predicted molar refractivity (Wildman–Crippen MR) is 114 cm³/mol. The molecule has 7 heteroatoms. The first kappa shape index (κ1) is 21.7.